The predicted molar refractivity (Wildman–Crippen MR) is 101 cm³/mol. The smallest absolute Gasteiger partial charge is 0.335 e. The fourth-order valence-corrected chi connectivity index (χ4v) is 4.34. The Morgan fingerprint density at radius 1 is 1.30 bits per heavy atom. The van der Waals surface area contributed by atoms with E-state index in [2.05, 4.69) is 9.97 Å². The predicted octanol–water partition coefficient (Wildman–Crippen LogP) is 1.83. The van der Waals surface area contributed by atoms with E-state index >= 15 is 0 Å². The maximum absolute atomic E-state index is 12.4. The maximum Gasteiger partial charge on any atom is 0.335 e. The Bertz CT molecular complexity index is 946. The zero-order chi connectivity index (χ0) is 19.6. The summed E-state index contributed by atoms with van der Waals surface area (Å²) in [6.45, 7) is 0.846. The second-order valence-electron chi connectivity index (χ2n) is 6.70. The SMILES string of the molecule is CN(C)S(=O)(=O)N1CCC[C@H](c2cncc(-c3cccc(C(=O)O)c3)n2)C1. The van der Waals surface area contributed by atoms with Crippen molar-refractivity contribution in [2.24, 2.45) is 0 Å². The molecule has 0 unspecified atom stereocenters. The first-order valence-corrected chi connectivity index (χ1v) is 10.0. The number of aromatic nitrogens is 2. The summed E-state index contributed by atoms with van der Waals surface area (Å²) >= 11 is 0. The molecule has 9 heteroatoms. The number of hydrogen-bond acceptors (Lipinski definition) is 5. The highest BCUT2D eigenvalue weighted by Crippen LogP contribution is 2.29. The molecule has 0 amide bonds. The molecule has 1 N–H and O–H groups in total. The zero-order valence-electron chi connectivity index (χ0n) is 15.2. The van der Waals surface area contributed by atoms with Crippen molar-refractivity contribution in [3.05, 3.63) is 47.9 Å². The average Bonchev–Trinajstić information content (AvgIpc) is 2.68. The minimum atomic E-state index is -3.47. The Balaban J connectivity index is 1.87. The number of piperidine rings is 1. The molecule has 0 saturated carbocycles. The fraction of sp³-hybridized carbons (Fsp3) is 0.389. The third-order valence-corrected chi connectivity index (χ3v) is 6.56. The molecule has 144 valence electrons. The molecule has 1 aromatic heterocycles. The van der Waals surface area contributed by atoms with Crippen molar-refractivity contribution >= 4 is 16.2 Å². The molecule has 1 aliphatic rings. The van der Waals surface area contributed by atoms with E-state index in [9.17, 15) is 13.2 Å². The van der Waals surface area contributed by atoms with Crippen molar-refractivity contribution in [1.29, 1.82) is 0 Å². The first-order chi connectivity index (χ1) is 12.8. The second-order valence-corrected chi connectivity index (χ2v) is 8.84. The van der Waals surface area contributed by atoms with Gasteiger partial charge in [-0.25, -0.2) is 9.78 Å². The van der Waals surface area contributed by atoms with E-state index in [0.717, 1.165) is 12.8 Å². The summed E-state index contributed by atoms with van der Waals surface area (Å²) in [6, 6.07) is 6.52. The summed E-state index contributed by atoms with van der Waals surface area (Å²) in [5.41, 5.74) is 2.13. The molecule has 1 atom stereocenters. The van der Waals surface area contributed by atoms with E-state index in [1.54, 1.807) is 30.6 Å². The Hall–Kier alpha value is -2.36. The van der Waals surface area contributed by atoms with Gasteiger partial charge in [0.1, 0.15) is 0 Å². The summed E-state index contributed by atoms with van der Waals surface area (Å²) in [5, 5.41) is 9.16. The van der Waals surface area contributed by atoms with Gasteiger partial charge in [0.2, 0.25) is 0 Å². The normalized spacial score (nSPS) is 18.6. The highest BCUT2D eigenvalue weighted by atomic mass is 32.2. The molecule has 0 radical (unpaired) electrons. The Labute approximate surface area is 158 Å². The Kier molecular flexibility index (Phi) is 5.54. The average molecular weight is 390 g/mol. The molecule has 1 aliphatic heterocycles. The Morgan fingerprint density at radius 2 is 2.07 bits per heavy atom. The number of carboxylic acids is 1. The first kappa shape index (κ1) is 19.4. The van der Waals surface area contributed by atoms with Gasteiger partial charge in [0.25, 0.3) is 10.2 Å². The van der Waals surface area contributed by atoms with E-state index in [1.807, 2.05) is 0 Å². The number of benzene rings is 1. The molecule has 3 rings (SSSR count). The summed E-state index contributed by atoms with van der Waals surface area (Å²) in [6.07, 6.45) is 4.81. The van der Waals surface area contributed by atoms with Crippen LogP contribution in [0, 0.1) is 0 Å². The third-order valence-electron chi connectivity index (χ3n) is 4.65. The zero-order valence-corrected chi connectivity index (χ0v) is 16.1. The lowest BCUT2D eigenvalue weighted by Gasteiger charge is -2.33. The van der Waals surface area contributed by atoms with Crippen LogP contribution in [0.3, 0.4) is 0 Å². The van der Waals surface area contributed by atoms with Crippen molar-refractivity contribution in [2.75, 3.05) is 27.2 Å². The maximum atomic E-state index is 12.4. The minimum Gasteiger partial charge on any atom is -0.478 e. The number of aromatic carboxylic acids is 1. The van der Waals surface area contributed by atoms with E-state index in [4.69, 9.17) is 5.11 Å². The van der Waals surface area contributed by atoms with Crippen molar-refractivity contribution in [3.63, 3.8) is 0 Å². The number of hydrogen-bond donors (Lipinski definition) is 1. The number of carboxylic acid groups (broad SMARTS) is 1. The summed E-state index contributed by atoms with van der Waals surface area (Å²) in [7, 11) is -0.420. The number of rotatable bonds is 5. The van der Waals surface area contributed by atoms with Crippen molar-refractivity contribution in [2.45, 2.75) is 18.8 Å². The van der Waals surface area contributed by atoms with E-state index in [0.29, 0.717) is 30.0 Å². The van der Waals surface area contributed by atoms with Crippen LogP contribution >= 0.6 is 0 Å². The van der Waals surface area contributed by atoms with Crippen LogP contribution < -0.4 is 0 Å². The van der Waals surface area contributed by atoms with Gasteiger partial charge < -0.3 is 5.11 Å². The molecule has 2 heterocycles. The molecular formula is C18H22N4O4S. The van der Waals surface area contributed by atoms with Gasteiger partial charge in [-0.2, -0.15) is 17.0 Å². The molecule has 2 aromatic rings. The van der Waals surface area contributed by atoms with Gasteiger partial charge in [-0.1, -0.05) is 12.1 Å². The van der Waals surface area contributed by atoms with Crippen LogP contribution in [0.5, 0.6) is 0 Å². The third kappa shape index (κ3) is 4.15. The van der Waals surface area contributed by atoms with Gasteiger partial charge in [-0.3, -0.25) is 4.98 Å². The lowest BCUT2D eigenvalue weighted by Crippen LogP contribution is -2.45. The standard InChI is InChI=1S/C18H22N4O4S/c1-21(2)27(25,26)22-8-4-7-15(12-22)17-11-19-10-16(20-17)13-5-3-6-14(9-13)18(23)24/h3,5-6,9-11,15H,4,7-8,12H2,1-2H3,(H,23,24)/t15-/m0/s1. The molecule has 0 bridgehead atoms. The van der Waals surface area contributed by atoms with Crippen LogP contribution in [0.2, 0.25) is 0 Å². The molecule has 1 saturated heterocycles. The first-order valence-electron chi connectivity index (χ1n) is 8.62. The van der Waals surface area contributed by atoms with E-state index in [1.165, 1.54) is 28.8 Å². The van der Waals surface area contributed by atoms with Crippen molar-refractivity contribution in [1.82, 2.24) is 18.6 Å². The molecule has 27 heavy (non-hydrogen) atoms. The molecular weight excluding hydrogens is 368 g/mol. The van der Waals surface area contributed by atoms with Crippen LogP contribution in [0.15, 0.2) is 36.7 Å². The van der Waals surface area contributed by atoms with Crippen LogP contribution in [0.4, 0.5) is 0 Å². The van der Waals surface area contributed by atoms with Crippen molar-refractivity contribution in [3.8, 4) is 11.3 Å². The fourth-order valence-electron chi connectivity index (χ4n) is 3.15. The highest BCUT2D eigenvalue weighted by Gasteiger charge is 2.31. The largest absolute Gasteiger partial charge is 0.478 e. The van der Waals surface area contributed by atoms with Crippen LogP contribution in [-0.2, 0) is 10.2 Å². The van der Waals surface area contributed by atoms with Crippen molar-refractivity contribution < 1.29 is 18.3 Å². The second kappa shape index (κ2) is 7.71. The quantitative estimate of drug-likeness (QED) is 0.835. The lowest BCUT2D eigenvalue weighted by atomic mass is 9.96. The van der Waals surface area contributed by atoms with Gasteiger partial charge in [-0.15, -0.1) is 0 Å². The molecule has 0 aliphatic carbocycles. The highest BCUT2D eigenvalue weighted by molar-refractivity contribution is 7.86. The monoisotopic (exact) mass is 390 g/mol. The molecule has 8 nitrogen and oxygen atoms in total. The summed E-state index contributed by atoms with van der Waals surface area (Å²) in [4.78, 5) is 20.1. The van der Waals surface area contributed by atoms with Gasteiger partial charge in [0, 0.05) is 44.9 Å². The van der Waals surface area contributed by atoms with E-state index < -0.39 is 16.2 Å². The van der Waals surface area contributed by atoms with Crippen LogP contribution in [0.25, 0.3) is 11.3 Å². The minimum absolute atomic E-state index is 0.0522. The molecule has 1 aromatic carbocycles. The van der Waals surface area contributed by atoms with Crippen LogP contribution in [-0.4, -0.2) is 65.3 Å². The number of carbonyl (C=O) groups is 1. The molecule has 1 fully saturated rings. The van der Waals surface area contributed by atoms with Gasteiger partial charge in [0.05, 0.1) is 23.1 Å². The molecule has 0 spiro atoms. The van der Waals surface area contributed by atoms with Gasteiger partial charge in [-0.05, 0) is 25.0 Å². The lowest BCUT2D eigenvalue weighted by molar-refractivity contribution is 0.0697. The Morgan fingerprint density at radius 3 is 2.78 bits per heavy atom. The summed E-state index contributed by atoms with van der Waals surface area (Å²) < 4.78 is 27.5. The topological polar surface area (TPSA) is 104 Å². The van der Waals surface area contributed by atoms with Gasteiger partial charge >= 0.3 is 5.97 Å². The number of nitrogens with zero attached hydrogens (tertiary/aromatic N) is 4. The van der Waals surface area contributed by atoms with Crippen LogP contribution in [0.1, 0.15) is 34.8 Å². The van der Waals surface area contributed by atoms with E-state index in [-0.39, 0.29) is 11.5 Å². The van der Waals surface area contributed by atoms with Gasteiger partial charge in [0.15, 0.2) is 0 Å². The summed E-state index contributed by atoms with van der Waals surface area (Å²) in [5.74, 6) is -1.05.